The van der Waals surface area contributed by atoms with E-state index in [1.165, 1.54) is 41.7 Å². The van der Waals surface area contributed by atoms with Gasteiger partial charge in [-0.2, -0.15) is 0 Å². The highest BCUT2D eigenvalue weighted by molar-refractivity contribution is 7.14. The lowest BCUT2D eigenvalue weighted by Gasteiger charge is -2.16. The van der Waals surface area contributed by atoms with Gasteiger partial charge in [-0.15, -0.1) is 11.3 Å². The number of nitrogens with zero attached hydrogens (tertiary/aromatic N) is 1. The maximum Gasteiger partial charge on any atom is 0.325 e. The van der Waals surface area contributed by atoms with E-state index in [2.05, 4.69) is 33.8 Å². The summed E-state index contributed by atoms with van der Waals surface area (Å²) in [5.74, 6) is 1.31. The maximum atomic E-state index is 12.3. The first-order chi connectivity index (χ1) is 13.7. The van der Waals surface area contributed by atoms with Crippen molar-refractivity contribution in [2.75, 3.05) is 17.4 Å². The highest BCUT2D eigenvalue weighted by atomic mass is 32.1. The third kappa shape index (κ3) is 3.41. The highest BCUT2D eigenvalue weighted by Gasteiger charge is 2.15. The Balaban J connectivity index is 1.27. The number of hydrogen-bond donors (Lipinski definition) is 2. The maximum absolute atomic E-state index is 12.3. The smallest absolute Gasteiger partial charge is 0.325 e. The number of anilines is 2. The van der Waals surface area contributed by atoms with Crippen LogP contribution in [0.15, 0.2) is 41.8 Å². The standard InChI is InChI=1S/C21H19N3O3S/c25-20(22-16-7-8-18-19(10-16)27-12-26-18)24-21-23-17(11-28-21)15-6-5-13-3-1-2-4-14(13)9-15/h5-11H,1-4,12H2,(H2,22,23,24,25). The number of carbonyl (C=O) groups is 1. The second-order valence-corrected chi connectivity index (χ2v) is 7.73. The highest BCUT2D eigenvalue weighted by Crippen LogP contribution is 2.34. The summed E-state index contributed by atoms with van der Waals surface area (Å²) in [5, 5.41) is 8.12. The Labute approximate surface area is 166 Å². The minimum Gasteiger partial charge on any atom is -0.454 e. The van der Waals surface area contributed by atoms with Crippen LogP contribution in [-0.4, -0.2) is 17.8 Å². The van der Waals surface area contributed by atoms with Gasteiger partial charge in [0.15, 0.2) is 16.6 Å². The molecule has 0 fully saturated rings. The molecule has 2 aromatic carbocycles. The molecule has 2 aliphatic rings. The number of hydrogen-bond acceptors (Lipinski definition) is 5. The van der Waals surface area contributed by atoms with Crippen molar-refractivity contribution in [2.45, 2.75) is 25.7 Å². The van der Waals surface area contributed by atoms with Gasteiger partial charge in [0, 0.05) is 22.7 Å². The Morgan fingerprint density at radius 1 is 0.964 bits per heavy atom. The van der Waals surface area contributed by atoms with E-state index >= 15 is 0 Å². The van der Waals surface area contributed by atoms with E-state index in [1.807, 2.05) is 5.38 Å². The van der Waals surface area contributed by atoms with Gasteiger partial charge in [0.25, 0.3) is 0 Å². The molecule has 0 spiro atoms. The van der Waals surface area contributed by atoms with Gasteiger partial charge >= 0.3 is 6.03 Å². The molecule has 0 saturated heterocycles. The molecule has 1 aromatic heterocycles. The predicted molar refractivity (Wildman–Crippen MR) is 109 cm³/mol. The third-order valence-corrected chi connectivity index (χ3v) is 5.76. The van der Waals surface area contributed by atoms with Crippen molar-refractivity contribution < 1.29 is 14.3 Å². The number of nitrogens with one attached hydrogen (secondary N) is 2. The third-order valence-electron chi connectivity index (χ3n) is 5.00. The van der Waals surface area contributed by atoms with Gasteiger partial charge in [-0.25, -0.2) is 9.78 Å². The molecule has 1 aliphatic heterocycles. The van der Waals surface area contributed by atoms with Gasteiger partial charge in [-0.05, 0) is 55.0 Å². The van der Waals surface area contributed by atoms with E-state index < -0.39 is 0 Å². The lowest BCUT2D eigenvalue weighted by molar-refractivity contribution is 0.174. The Morgan fingerprint density at radius 3 is 2.75 bits per heavy atom. The zero-order chi connectivity index (χ0) is 18.9. The Hall–Kier alpha value is -3.06. The van der Waals surface area contributed by atoms with Gasteiger partial charge < -0.3 is 14.8 Å². The summed E-state index contributed by atoms with van der Waals surface area (Å²) in [6.45, 7) is 0.204. The minimum absolute atomic E-state index is 0.204. The number of aryl methyl sites for hydroxylation is 2. The molecule has 6 nitrogen and oxygen atoms in total. The van der Waals surface area contributed by atoms with Crippen LogP contribution in [0.5, 0.6) is 11.5 Å². The SMILES string of the molecule is O=C(Nc1ccc2c(c1)OCO2)Nc1nc(-c2ccc3c(c2)CCCC3)cs1. The zero-order valence-corrected chi connectivity index (χ0v) is 16.0. The monoisotopic (exact) mass is 393 g/mol. The summed E-state index contributed by atoms with van der Waals surface area (Å²) in [7, 11) is 0. The Kier molecular flexibility index (Phi) is 4.37. The summed E-state index contributed by atoms with van der Waals surface area (Å²) >= 11 is 1.41. The second-order valence-electron chi connectivity index (χ2n) is 6.88. The van der Waals surface area contributed by atoms with Gasteiger partial charge in [0.05, 0.1) is 5.69 Å². The minimum atomic E-state index is -0.342. The first kappa shape index (κ1) is 17.1. The number of carbonyl (C=O) groups excluding carboxylic acids is 1. The fourth-order valence-electron chi connectivity index (χ4n) is 3.59. The number of urea groups is 1. The number of fused-ring (bicyclic) bond motifs is 2. The normalized spacial score (nSPS) is 14.4. The van der Waals surface area contributed by atoms with Crippen LogP contribution in [0.4, 0.5) is 15.6 Å². The molecule has 3 aromatic rings. The van der Waals surface area contributed by atoms with Crippen LogP contribution in [0.2, 0.25) is 0 Å². The quantitative estimate of drug-likeness (QED) is 0.652. The summed E-state index contributed by atoms with van der Waals surface area (Å²) in [4.78, 5) is 16.9. The topological polar surface area (TPSA) is 72.5 Å². The van der Waals surface area contributed by atoms with E-state index in [9.17, 15) is 4.79 Å². The number of thiazole rings is 1. The molecular formula is C21H19N3O3S. The molecule has 142 valence electrons. The molecule has 0 bridgehead atoms. The van der Waals surface area contributed by atoms with Crippen LogP contribution in [-0.2, 0) is 12.8 Å². The van der Waals surface area contributed by atoms with Crippen molar-refractivity contribution in [1.29, 1.82) is 0 Å². The molecule has 1 aliphatic carbocycles. The molecular weight excluding hydrogens is 374 g/mol. The van der Waals surface area contributed by atoms with Crippen LogP contribution < -0.4 is 20.1 Å². The number of amides is 2. The number of rotatable bonds is 3. The van der Waals surface area contributed by atoms with Crippen LogP contribution in [0.3, 0.4) is 0 Å². The zero-order valence-electron chi connectivity index (χ0n) is 15.2. The van der Waals surface area contributed by atoms with Gasteiger partial charge in [-0.1, -0.05) is 12.1 Å². The van der Waals surface area contributed by atoms with Crippen LogP contribution in [0.1, 0.15) is 24.0 Å². The Bertz CT molecular complexity index is 1050. The van der Waals surface area contributed by atoms with Gasteiger partial charge in [0.2, 0.25) is 6.79 Å². The van der Waals surface area contributed by atoms with Crippen molar-refractivity contribution in [1.82, 2.24) is 4.98 Å². The first-order valence-electron chi connectivity index (χ1n) is 9.30. The van der Waals surface area contributed by atoms with E-state index in [1.54, 1.807) is 18.2 Å². The largest absolute Gasteiger partial charge is 0.454 e. The summed E-state index contributed by atoms with van der Waals surface area (Å²) in [6.07, 6.45) is 4.83. The van der Waals surface area contributed by atoms with Gasteiger partial charge in [-0.3, -0.25) is 5.32 Å². The van der Waals surface area contributed by atoms with E-state index in [4.69, 9.17) is 9.47 Å². The van der Waals surface area contributed by atoms with Crippen LogP contribution >= 0.6 is 11.3 Å². The molecule has 0 atom stereocenters. The molecule has 2 N–H and O–H groups in total. The van der Waals surface area contributed by atoms with Crippen molar-refractivity contribution in [2.24, 2.45) is 0 Å². The summed E-state index contributed by atoms with van der Waals surface area (Å²) < 4.78 is 10.6. The van der Waals surface area contributed by atoms with E-state index in [-0.39, 0.29) is 12.8 Å². The average Bonchev–Trinajstić information content (AvgIpc) is 3.36. The van der Waals surface area contributed by atoms with Crippen LogP contribution in [0, 0.1) is 0 Å². The molecule has 0 unspecified atom stereocenters. The predicted octanol–water partition coefficient (Wildman–Crippen LogP) is 5.06. The lowest BCUT2D eigenvalue weighted by atomic mass is 9.90. The molecule has 0 radical (unpaired) electrons. The first-order valence-corrected chi connectivity index (χ1v) is 10.2. The Morgan fingerprint density at radius 2 is 1.82 bits per heavy atom. The fourth-order valence-corrected chi connectivity index (χ4v) is 4.30. The van der Waals surface area contributed by atoms with Gasteiger partial charge in [0.1, 0.15) is 0 Å². The summed E-state index contributed by atoms with van der Waals surface area (Å²) in [6, 6.07) is 11.5. The summed E-state index contributed by atoms with van der Waals surface area (Å²) in [5.41, 5.74) is 5.49. The molecule has 5 rings (SSSR count). The molecule has 0 saturated carbocycles. The van der Waals surface area contributed by atoms with E-state index in [0.717, 1.165) is 17.7 Å². The fraction of sp³-hybridized carbons (Fsp3) is 0.238. The molecule has 2 amide bonds. The van der Waals surface area contributed by atoms with Crippen molar-refractivity contribution >= 4 is 28.2 Å². The number of benzene rings is 2. The molecule has 2 heterocycles. The van der Waals surface area contributed by atoms with Crippen LogP contribution in [0.25, 0.3) is 11.3 Å². The number of aromatic nitrogens is 1. The second kappa shape index (κ2) is 7.16. The molecule has 7 heteroatoms. The lowest BCUT2D eigenvalue weighted by Crippen LogP contribution is -2.19. The van der Waals surface area contributed by atoms with Crippen molar-refractivity contribution in [3.05, 3.63) is 52.9 Å². The van der Waals surface area contributed by atoms with Crippen molar-refractivity contribution in [3.63, 3.8) is 0 Å². The van der Waals surface area contributed by atoms with E-state index in [0.29, 0.717) is 22.3 Å². The molecule has 28 heavy (non-hydrogen) atoms. The average molecular weight is 393 g/mol. The number of ether oxygens (including phenoxy) is 2. The van der Waals surface area contributed by atoms with Crippen molar-refractivity contribution in [3.8, 4) is 22.8 Å².